The van der Waals surface area contributed by atoms with Crippen molar-refractivity contribution >= 4 is 23.3 Å². The van der Waals surface area contributed by atoms with E-state index in [0.717, 1.165) is 23.6 Å². The number of carbonyl (C=O) groups excluding carboxylic acids is 1. The molecule has 0 heterocycles. The summed E-state index contributed by atoms with van der Waals surface area (Å²) in [6.07, 6.45) is 0.736. The Morgan fingerprint density at radius 1 is 1.23 bits per heavy atom. The molecule has 1 atom stereocenters. The van der Waals surface area contributed by atoms with Gasteiger partial charge in [0.1, 0.15) is 5.82 Å². The summed E-state index contributed by atoms with van der Waals surface area (Å²) in [7, 11) is 0. The fourth-order valence-electron chi connectivity index (χ4n) is 2.13. The van der Waals surface area contributed by atoms with Crippen LogP contribution in [0.25, 0.3) is 0 Å². The number of hydrogen-bond donors (Lipinski definition) is 2. The van der Waals surface area contributed by atoms with E-state index >= 15 is 0 Å². The highest BCUT2D eigenvalue weighted by atomic mass is 35.5. The molecule has 2 rings (SSSR count). The van der Waals surface area contributed by atoms with Crippen LogP contribution in [-0.2, 0) is 0 Å². The summed E-state index contributed by atoms with van der Waals surface area (Å²) in [5, 5.41) is 5.63. The first-order valence-corrected chi connectivity index (χ1v) is 7.46. The molecule has 0 saturated carbocycles. The topological polar surface area (TPSA) is 41.1 Å². The van der Waals surface area contributed by atoms with Crippen LogP contribution in [0.2, 0.25) is 5.02 Å². The molecule has 2 N–H and O–H groups in total. The Morgan fingerprint density at radius 3 is 2.50 bits per heavy atom. The zero-order valence-electron chi connectivity index (χ0n) is 12.5. The molecule has 0 saturated heterocycles. The second-order valence-corrected chi connectivity index (χ2v) is 5.53. The van der Waals surface area contributed by atoms with Crippen molar-refractivity contribution < 1.29 is 9.18 Å². The van der Waals surface area contributed by atoms with Crippen LogP contribution in [0.5, 0.6) is 0 Å². The van der Waals surface area contributed by atoms with E-state index in [4.69, 9.17) is 11.6 Å². The van der Waals surface area contributed by atoms with Gasteiger partial charge in [0.2, 0.25) is 0 Å². The van der Waals surface area contributed by atoms with Crippen molar-refractivity contribution in [1.82, 2.24) is 5.32 Å². The lowest BCUT2D eigenvalue weighted by atomic mass is 10.0. The molecule has 0 fully saturated rings. The van der Waals surface area contributed by atoms with Crippen molar-refractivity contribution in [2.45, 2.75) is 26.3 Å². The smallest absolute Gasteiger partial charge is 0.319 e. The van der Waals surface area contributed by atoms with E-state index in [1.165, 1.54) is 12.1 Å². The summed E-state index contributed by atoms with van der Waals surface area (Å²) < 4.78 is 13.7. The van der Waals surface area contributed by atoms with Gasteiger partial charge >= 0.3 is 6.03 Å². The Kier molecular flexibility index (Phi) is 5.39. The Bertz CT molecular complexity index is 658. The standard InChI is InChI=1S/C17H18ClFN2O/c1-3-15(12-6-4-11(2)5-7-12)20-17(22)21-16-9-8-13(18)10-14(16)19/h4-10,15H,3H2,1-2H3,(H2,20,21,22)/t15-/m0/s1. The first-order valence-electron chi connectivity index (χ1n) is 7.08. The number of anilines is 1. The second-order valence-electron chi connectivity index (χ2n) is 5.09. The zero-order chi connectivity index (χ0) is 16.1. The second kappa shape index (κ2) is 7.27. The maximum absolute atomic E-state index is 13.7. The van der Waals surface area contributed by atoms with Crippen LogP contribution in [0, 0.1) is 12.7 Å². The van der Waals surface area contributed by atoms with Gasteiger partial charge in [-0.3, -0.25) is 0 Å². The molecule has 0 radical (unpaired) electrons. The van der Waals surface area contributed by atoms with Crippen molar-refractivity contribution in [3.05, 3.63) is 64.4 Å². The summed E-state index contributed by atoms with van der Waals surface area (Å²) in [6, 6.07) is 11.5. The number of carbonyl (C=O) groups is 1. The molecule has 3 nitrogen and oxygen atoms in total. The lowest BCUT2D eigenvalue weighted by Gasteiger charge is -2.18. The highest BCUT2D eigenvalue weighted by Gasteiger charge is 2.14. The molecule has 5 heteroatoms. The number of rotatable bonds is 4. The average Bonchev–Trinajstić information content (AvgIpc) is 2.49. The first-order chi connectivity index (χ1) is 10.5. The highest BCUT2D eigenvalue weighted by Crippen LogP contribution is 2.20. The third-order valence-corrected chi connectivity index (χ3v) is 3.61. The molecule has 2 amide bonds. The summed E-state index contributed by atoms with van der Waals surface area (Å²) in [5.74, 6) is -0.564. The molecule has 116 valence electrons. The predicted molar refractivity (Wildman–Crippen MR) is 87.8 cm³/mol. The number of aryl methyl sites for hydroxylation is 1. The lowest BCUT2D eigenvalue weighted by Crippen LogP contribution is -2.32. The van der Waals surface area contributed by atoms with Crippen LogP contribution < -0.4 is 10.6 Å². The minimum Gasteiger partial charge on any atom is -0.331 e. The molecular weight excluding hydrogens is 303 g/mol. The molecule has 22 heavy (non-hydrogen) atoms. The molecule has 0 aliphatic rings. The van der Waals surface area contributed by atoms with Crippen LogP contribution in [0.3, 0.4) is 0 Å². The lowest BCUT2D eigenvalue weighted by molar-refractivity contribution is 0.248. The van der Waals surface area contributed by atoms with Gasteiger partial charge in [-0.05, 0) is 37.1 Å². The summed E-state index contributed by atoms with van der Waals surface area (Å²) in [5.41, 5.74) is 2.27. The molecule has 2 aromatic rings. The first kappa shape index (κ1) is 16.3. The van der Waals surface area contributed by atoms with Crippen molar-refractivity contribution in [2.24, 2.45) is 0 Å². The van der Waals surface area contributed by atoms with Gasteiger partial charge in [0, 0.05) is 5.02 Å². The fraction of sp³-hybridized carbons (Fsp3) is 0.235. The Balaban J connectivity index is 2.04. The number of halogens is 2. The van der Waals surface area contributed by atoms with Crippen LogP contribution >= 0.6 is 11.6 Å². The summed E-state index contributed by atoms with van der Waals surface area (Å²) in [4.78, 5) is 12.0. The number of urea groups is 1. The molecule has 2 aromatic carbocycles. The summed E-state index contributed by atoms with van der Waals surface area (Å²) >= 11 is 5.68. The van der Waals surface area contributed by atoms with Crippen molar-refractivity contribution in [1.29, 1.82) is 0 Å². The van der Waals surface area contributed by atoms with E-state index in [9.17, 15) is 9.18 Å². The van der Waals surface area contributed by atoms with Crippen LogP contribution in [-0.4, -0.2) is 6.03 Å². The fourth-order valence-corrected chi connectivity index (χ4v) is 2.29. The molecule has 0 aliphatic carbocycles. The van der Waals surface area contributed by atoms with Gasteiger partial charge < -0.3 is 10.6 Å². The largest absolute Gasteiger partial charge is 0.331 e. The predicted octanol–water partition coefficient (Wildman–Crippen LogP) is 5.06. The van der Waals surface area contributed by atoms with Crippen LogP contribution in [0.1, 0.15) is 30.5 Å². The van der Waals surface area contributed by atoms with Crippen molar-refractivity contribution in [3.63, 3.8) is 0 Å². The third kappa shape index (κ3) is 4.21. The zero-order valence-corrected chi connectivity index (χ0v) is 13.2. The van der Waals surface area contributed by atoms with Gasteiger partial charge in [-0.15, -0.1) is 0 Å². The number of hydrogen-bond acceptors (Lipinski definition) is 1. The van der Waals surface area contributed by atoms with E-state index in [1.54, 1.807) is 0 Å². The molecule has 0 aromatic heterocycles. The van der Waals surface area contributed by atoms with Crippen LogP contribution in [0.15, 0.2) is 42.5 Å². The van der Waals surface area contributed by atoms with Crippen LogP contribution in [0.4, 0.5) is 14.9 Å². The summed E-state index contributed by atoms with van der Waals surface area (Å²) in [6.45, 7) is 3.99. The van der Waals surface area contributed by atoms with E-state index in [2.05, 4.69) is 10.6 Å². The van der Waals surface area contributed by atoms with Gasteiger partial charge in [-0.2, -0.15) is 0 Å². The van der Waals surface area contributed by atoms with Gasteiger partial charge in [-0.25, -0.2) is 9.18 Å². The van der Waals surface area contributed by atoms with E-state index in [1.807, 2.05) is 38.1 Å². The molecule has 0 unspecified atom stereocenters. The number of benzene rings is 2. The number of amides is 2. The molecule has 0 bridgehead atoms. The van der Waals surface area contributed by atoms with Gasteiger partial charge in [0.25, 0.3) is 0 Å². The highest BCUT2D eigenvalue weighted by molar-refractivity contribution is 6.30. The van der Waals surface area contributed by atoms with Gasteiger partial charge in [0.05, 0.1) is 11.7 Å². The monoisotopic (exact) mass is 320 g/mol. The van der Waals surface area contributed by atoms with E-state index in [-0.39, 0.29) is 16.8 Å². The molecular formula is C17H18ClFN2O. The SMILES string of the molecule is CC[C@H](NC(=O)Nc1ccc(Cl)cc1F)c1ccc(C)cc1. The quantitative estimate of drug-likeness (QED) is 0.812. The number of nitrogens with one attached hydrogen (secondary N) is 2. The molecule has 0 spiro atoms. The normalized spacial score (nSPS) is 11.8. The Morgan fingerprint density at radius 2 is 1.91 bits per heavy atom. The minimum atomic E-state index is -0.564. The van der Waals surface area contributed by atoms with Crippen molar-refractivity contribution in [3.8, 4) is 0 Å². The maximum Gasteiger partial charge on any atom is 0.319 e. The van der Waals surface area contributed by atoms with Gasteiger partial charge in [0.15, 0.2) is 0 Å². The van der Waals surface area contributed by atoms with Gasteiger partial charge in [-0.1, -0.05) is 48.4 Å². The Labute approximate surface area is 134 Å². The van der Waals surface area contributed by atoms with Crippen molar-refractivity contribution in [2.75, 3.05) is 5.32 Å². The minimum absolute atomic E-state index is 0.0978. The molecule has 0 aliphatic heterocycles. The third-order valence-electron chi connectivity index (χ3n) is 3.37. The average molecular weight is 321 g/mol. The van der Waals surface area contributed by atoms with E-state index < -0.39 is 11.8 Å². The Hall–Kier alpha value is -2.07. The van der Waals surface area contributed by atoms with E-state index in [0.29, 0.717) is 0 Å². The maximum atomic E-state index is 13.7.